The smallest absolute Gasteiger partial charge is 0.329 e. The Kier molecular flexibility index (Phi) is 12.5. The molecule has 0 saturated carbocycles. The number of alkyl halides is 1. The number of carbonyl (C=O) groups excluding carboxylic acids is 3. The van der Waals surface area contributed by atoms with Crippen molar-refractivity contribution in [2.45, 2.75) is 71.6 Å². The van der Waals surface area contributed by atoms with Crippen molar-refractivity contribution in [3.05, 3.63) is 29.6 Å². The molecular formula is C25H38ClFN2O8S. The molecule has 216 valence electrons. The van der Waals surface area contributed by atoms with Crippen LogP contribution in [0, 0.1) is 5.82 Å². The molecule has 1 rings (SSSR count). The molecule has 0 fully saturated rings. The minimum Gasteiger partial charge on any atom is -0.460 e. The standard InChI is InChI=1S/C25H38ClFN2O8S/c1-24(2,3)36-21(30)11-9-19(23(32)37-25(4,5)6)28-22(31)17-8-10-20(18(27)16-17)29(13-12-26)14-15-35-38(7,33)34/h8,10,16,19H,9,11-15H2,1-7H3,(H,28,31). The SMILES string of the molecule is CC(C)(C)OC(=O)CCC(NC(=O)c1ccc(N(CCCl)CCOS(C)(=O)=O)c(F)c1)C(=O)OC(C)(C)C. The Labute approximate surface area is 229 Å². The lowest BCUT2D eigenvalue weighted by atomic mass is 10.1. The summed E-state index contributed by atoms with van der Waals surface area (Å²) in [6.45, 7) is 10.1. The number of rotatable bonds is 13. The van der Waals surface area contributed by atoms with Crippen molar-refractivity contribution in [1.29, 1.82) is 0 Å². The molecule has 1 N–H and O–H groups in total. The quantitative estimate of drug-likeness (QED) is 0.212. The number of amides is 1. The number of halogens is 2. The van der Waals surface area contributed by atoms with Gasteiger partial charge in [-0.15, -0.1) is 11.6 Å². The molecule has 1 amide bonds. The molecule has 0 saturated heterocycles. The molecule has 0 heterocycles. The van der Waals surface area contributed by atoms with Gasteiger partial charge in [-0.25, -0.2) is 9.18 Å². The van der Waals surface area contributed by atoms with Gasteiger partial charge in [0.05, 0.1) is 18.6 Å². The highest BCUT2D eigenvalue weighted by Crippen LogP contribution is 2.21. The summed E-state index contributed by atoms with van der Waals surface area (Å²) in [5.41, 5.74) is -1.54. The molecule has 0 bridgehead atoms. The fraction of sp³-hybridized carbons (Fsp3) is 0.640. The van der Waals surface area contributed by atoms with E-state index in [1.54, 1.807) is 41.5 Å². The van der Waals surface area contributed by atoms with Gasteiger partial charge in [-0.05, 0) is 66.2 Å². The van der Waals surface area contributed by atoms with Crippen LogP contribution < -0.4 is 10.2 Å². The first-order valence-electron chi connectivity index (χ1n) is 12.0. The van der Waals surface area contributed by atoms with E-state index in [2.05, 4.69) is 5.32 Å². The molecule has 0 aromatic heterocycles. The van der Waals surface area contributed by atoms with Gasteiger partial charge in [0, 0.05) is 31.0 Å². The lowest BCUT2D eigenvalue weighted by Gasteiger charge is -2.26. The molecule has 10 nitrogen and oxygen atoms in total. The zero-order valence-electron chi connectivity index (χ0n) is 22.9. The first kappa shape index (κ1) is 33.6. The minimum atomic E-state index is -3.67. The number of nitrogens with zero attached hydrogens (tertiary/aromatic N) is 1. The van der Waals surface area contributed by atoms with Crippen molar-refractivity contribution in [3.8, 4) is 0 Å². The third-order valence-corrected chi connectivity index (χ3v) is 5.38. The van der Waals surface area contributed by atoms with E-state index in [9.17, 15) is 27.2 Å². The Hall–Kier alpha value is -2.44. The topological polar surface area (TPSA) is 128 Å². The van der Waals surface area contributed by atoms with Crippen LogP contribution in [0.5, 0.6) is 0 Å². The third-order valence-electron chi connectivity index (χ3n) is 4.62. The predicted octanol–water partition coefficient (Wildman–Crippen LogP) is 3.41. The van der Waals surface area contributed by atoms with Crippen molar-refractivity contribution >= 4 is 45.3 Å². The summed E-state index contributed by atoms with van der Waals surface area (Å²) < 4.78 is 52.8. The summed E-state index contributed by atoms with van der Waals surface area (Å²) in [6.07, 6.45) is 0.669. The van der Waals surface area contributed by atoms with Crippen LogP contribution in [0.25, 0.3) is 0 Å². The van der Waals surface area contributed by atoms with Gasteiger partial charge in [-0.3, -0.25) is 13.8 Å². The number of carbonyl (C=O) groups is 3. The number of anilines is 1. The zero-order valence-corrected chi connectivity index (χ0v) is 24.5. The molecule has 38 heavy (non-hydrogen) atoms. The van der Waals surface area contributed by atoms with Crippen molar-refractivity contribution in [2.24, 2.45) is 0 Å². The van der Waals surface area contributed by atoms with Crippen LogP contribution in [0.1, 0.15) is 64.7 Å². The number of nitrogens with one attached hydrogen (secondary N) is 1. The Morgan fingerprint density at radius 1 is 1.05 bits per heavy atom. The highest BCUT2D eigenvalue weighted by atomic mass is 35.5. The Morgan fingerprint density at radius 2 is 1.66 bits per heavy atom. The second-order valence-electron chi connectivity index (χ2n) is 10.6. The van der Waals surface area contributed by atoms with Gasteiger partial charge in [0.2, 0.25) is 0 Å². The molecule has 1 atom stereocenters. The van der Waals surface area contributed by atoms with Crippen molar-refractivity contribution in [1.82, 2.24) is 5.32 Å². The van der Waals surface area contributed by atoms with Crippen LogP contribution in [-0.2, 0) is 33.4 Å². The summed E-state index contributed by atoms with van der Waals surface area (Å²) >= 11 is 5.80. The first-order chi connectivity index (χ1) is 17.3. The summed E-state index contributed by atoms with van der Waals surface area (Å²) in [5, 5.41) is 2.52. The van der Waals surface area contributed by atoms with E-state index in [4.69, 9.17) is 25.3 Å². The van der Waals surface area contributed by atoms with Crippen LogP contribution in [0.15, 0.2) is 18.2 Å². The van der Waals surface area contributed by atoms with Crippen molar-refractivity contribution < 1.29 is 40.8 Å². The van der Waals surface area contributed by atoms with Crippen LogP contribution in [0.3, 0.4) is 0 Å². The second-order valence-corrected chi connectivity index (χ2v) is 12.6. The van der Waals surface area contributed by atoms with Gasteiger partial charge in [0.15, 0.2) is 0 Å². The van der Waals surface area contributed by atoms with Gasteiger partial charge in [0.1, 0.15) is 23.1 Å². The monoisotopic (exact) mass is 580 g/mol. The van der Waals surface area contributed by atoms with Gasteiger partial charge < -0.3 is 19.7 Å². The first-order valence-corrected chi connectivity index (χ1v) is 14.4. The van der Waals surface area contributed by atoms with Crippen LogP contribution in [-0.4, -0.2) is 75.3 Å². The lowest BCUT2D eigenvalue weighted by Crippen LogP contribution is -2.44. The normalized spacial score (nSPS) is 13.0. The molecule has 1 unspecified atom stereocenters. The maximum Gasteiger partial charge on any atom is 0.329 e. The van der Waals surface area contributed by atoms with Gasteiger partial charge in [-0.2, -0.15) is 8.42 Å². The average Bonchev–Trinajstić information content (AvgIpc) is 2.72. The maximum absolute atomic E-state index is 15.0. The number of esters is 2. The van der Waals surface area contributed by atoms with E-state index >= 15 is 0 Å². The number of benzene rings is 1. The van der Waals surface area contributed by atoms with Crippen LogP contribution >= 0.6 is 11.6 Å². The molecule has 0 aliphatic rings. The van der Waals surface area contributed by atoms with Crippen molar-refractivity contribution in [2.75, 3.05) is 36.7 Å². The Balaban J connectivity index is 3.05. The fourth-order valence-electron chi connectivity index (χ4n) is 3.18. The number of ether oxygens (including phenoxy) is 2. The fourth-order valence-corrected chi connectivity index (χ4v) is 3.76. The van der Waals surface area contributed by atoms with Gasteiger partial charge >= 0.3 is 11.9 Å². The minimum absolute atomic E-state index is 0.0354. The number of hydrogen-bond acceptors (Lipinski definition) is 9. The summed E-state index contributed by atoms with van der Waals surface area (Å²) in [5.74, 6) is -2.67. The molecule has 1 aromatic rings. The summed E-state index contributed by atoms with van der Waals surface area (Å²) in [4.78, 5) is 39.3. The molecule has 13 heteroatoms. The zero-order chi connectivity index (χ0) is 29.3. The predicted molar refractivity (Wildman–Crippen MR) is 142 cm³/mol. The maximum atomic E-state index is 15.0. The van der Waals surface area contributed by atoms with E-state index < -0.39 is 51.0 Å². The van der Waals surface area contributed by atoms with Crippen LogP contribution in [0.2, 0.25) is 0 Å². The molecule has 1 aromatic carbocycles. The molecular weight excluding hydrogens is 543 g/mol. The summed E-state index contributed by atoms with van der Waals surface area (Å²) in [6, 6.07) is 2.51. The van der Waals surface area contributed by atoms with Crippen molar-refractivity contribution in [3.63, 3.8) is 0 Å². The van der Waals surface area contributed by atoms with E-state index in [1.807, 2.05) is 0 Å². The van der Waals surface area contributed by atoms with Crippen LogP contribution in [0.4, 0.5) is 10.1 Å². The van der Waals surface area contributed by atoms with Gasteiger partial charge in [-0.1, -0.05) is 0 Å². The Bertz CT molecular complexity index is 1080. The van der Waals surface area contributed by atoms with E-state index in [1.165, 1.54) is 17.0 Å². The second kappa shape index (κ2) is 14.1. The van der Waals surface area contributed by atoms with E-state index in [-0.39, 0.29) is 49.7 Å². The third kappa shape index (κ3) is 13.4. The van der Waals surface area contributed by atoms with E-state index in [0.717, 1.165) is 12.3 Å². The summed E-state index contributed by atoms with van der Waals surface area (Å²) in [7, 11) is -3.67. The Morgan fingerprint density at radius 3 is 2.16 bits per heavy atom. The average molecular weight is 581 g/mol. The molecule has 0 aliphatic heterocycles. The van der Waals surface area contributed by atoms with E-state index in [0.29, 0.717) is 0 Å². The highest BCUT2D eigenvalue weighted by molar-refractivity contribution is 7.85. The highest BCUT2D eigenvalue weighted by Gasteiger charge is 2.29. The van der Waals surface area contributed by atoms with Gasteiger partial charge in [0.25, 0.3) is 16.0 Å². The molecule has 0 aliphatic carbocycles. The molecule has 0 spiro atoms. The number of hydrogen-bond donors (Lipinski definition) is 1. The largest absolute Gasteiger partial charge is 0.460 e. The lowest BCUT2D eigenvalue weighted by molar-refractivity contribution is -0.158. The molecule has 0 radical (unpaired) electrons.